The van der Waals surface area contributed by atoms with Crippen molar-refractivity contribution < 1.29 is 0 Å². The lowest BCUT2D eigenvalue weighted by Gasteiger charge is -2.13. The van der Waals surface area contributed by atoms with Crippen LogP contribution in [0.15, 0.2) is 59.2 Å². The van der Waals surface area contributed by atoms with E-state index in [4.69, 9.17) is 10.1 Å². The molecule has 0 saturated heterocycles. The first-order valence-corrected chi connectivity index (χ1v) is 9.60. The van der Waals surface area contributed by atoms with Gasteiger partial charge in [-0.3, -0.25) is 4.57 Å². The maximum Gasteiger partial charge on any atom is 0.229 e. The Morgan fingerprint density at radius 1 is 1.15 bits per heavy atom. The fourth-order valence-electron chi connectivity index (χ4n) is 3.38. The summed E-state index contributed by atoms with van der Waals surface area (Å²) < 4.78 is 3.95. The minimum absolute atomic E-state index is 0.718. The Morgan fingerprint density at radius 3 is 2.78 bits per heavy atom. The number of hydrogen-bond acceptors (Lipinski definition) is 5. The normalized spacial score (nSPS) is 13.5. The van der Waals surface area contributed by atoms with Crippen LogP contribution in [0.5, 0.6) is 0 Å². The van der Waals surface area contributed by atoms with E-state index in [1.54, 1.807) is 11.8 Å². The molecule has 0 atom stereocenters. The van der Waals surface area contributed by atoms with Gasteiger partial charge in [-0.1, -0.05) is 42.1 Å². The number of thioether (sulfide) groups is 1. The molecule has 0 unspecified atom stereocenters. The molecule has 1 aliphatic heterocycles. The zero-order chi connectivity index (χ0) is 18.4. The van der Waals surface area contributed by atoms with Gasteiger partial charge in [0.1, 0.15) is 6.33 Å². The van der Waals surface area contributed by atoms with E-state index in [1.807, 2.05) is 29.1 Å². The highest BCUT2D eigenvalue weighted by atomic mass is 32.2. The van der Waals surface area contributed by atoms with Gasteiger partial charge in [0.2, 0.25) is 5.95 Å². The third-order valence-electron chi connectivity index (χ3n) is 4.65. The molecule has 1 N–H and O–H groups in total. The molecule has 3 aromatic heterocycles. The molecule has 0 spiro atoms. The van der Waals surface area contributed by atoms with Crippen LogP contribution in [0.25, 0.3) is 17.2 Å². The summed E-state index contributed by atoms with van der Waals surface area (Å²) in [5.41, 5.74) is 6.37. The molecule has 0 bridgehead atoms. The fraction of sp³-hybridized carbons (Fsp3) is 0.158. The molecule has 27 heavy (non-hydrogen) atoms. The Morgan fingerprint density at radius 2 is 2.00 bits per heavy atom. The third kappa shape index (κ3) is 2.69. The number of fused-ring (bicyclic) bond motifs is 1. The standard InChI is InChI=1S/C19H17N7S/c1-12-8-15(13(2)26(12)18-20-11-21-23-18)17-10-27-19-22-16(9-25(19)24-17)14-6-4-3-5-7-14/h3-9,11H,10H2,1-2H3,(H,20,21,23). The average Bonchev–Trinajstić information content (AvgIpc) is 3.41. The predicted octanol–water partition coefficient (Wildman–Crippen LogP) is 3.43. The second-order valence-electron chi connectivity index (χ2n) is 6.38. The molecule has 5 rings (SSSR count). The van der Waals surface area contributed by atoms with Crippen LogP contribution in [-0.4, -0.2) is 40.9 Å². The lowest BCUT2D eigenvalue weighted by molar-refractivity contribution is 0.757. The number of benzene rings is 1. The van der Waals surface area contributed by atoms with Gasteiger partial charge in [0.15, 0.2) is 5.16 Å². The molecule has 134 valence electrons. The molecule has 0 amide bonds. The number of hydrogen-bond donors (Lipinski definition) is 1. The molecule has 4 aromatic rings. The van der Waals surface area contributed by atoms with Crippen LogP contribution < -0.4 is 0 Å². The fourth-order valence-corrected chi connectivity index (χ4v) is 4.25. The van der Waals surface area contributed by atoms with Crippen LogP contribution in [-0.2, 0) is 0 Å². The van der Waals surface area contributed by atoms with E-state index in [9.17, 15) is 0 Å². The van der Waals surface area contributed by atoms with Gasteiger partial charge in [-0.05, 0) is 19.9 Å². The minimum Gasteiger partial charge on any atom is -0.287 e. The lowest BCUT2D eigenvalue weighted by atomic mass is 10.1. The summed E-state index contributed by atoms with van der Waals surface area (Å²) in [5, 5.41) is 12.7. The number of aromatic nitrogens is 6. The number of rotatable bonds is 3. The van der Waals surface area contributed by atoms with E-state index in [1.165, 1.54) is 6.33 Å². The summed E-state index contributed by atoms with van der Waals surface area (Å²) in [5.74, 6) is 1.50. The average molecular weight is 375 g/mol. The van der Waals surface area contributed by atoms with Gasteiger partial charge >= 0.3 is 0 Å². The van der Waals surface area contributed by atoms with E-state index in [0.717, 1.165) is 50.8 Å². The molecule has 0 fully saturated rings. The largest absolute Gasteiger partial charge is 0.287 e. The van der Waals surface area contributed by atoms with Gasteiger partial charge in [-0.25, -0.2) is 14.8 Å². The summed E-state index contributed by atoms with van der Waals surface area (Å²) >= 11 is 1.70. The molecule has 4 heterocycles. The molecular weight excluding hydrogens is 358 g/mol. The smallest absolute Gasteiger partial charge is 0.229 e. The van der Waals surface area contributed by atoms with Crippen molar-refractivity contribution in [3.63, 3.8) is 0 Å². The molecule has 1 aromatic carbocycles. The van der Waals surface area contributed by atoms with Crippen LogP contribution in [0.3, 0.4) is 0 Å². The summed E-state index contributed by atoms with van der Waals surface area (Å²) in [6.07, 6.45) is 3.51. The Labute approximate surface area is 160 Å². The van der Waals surface area contributed by atoms with Crippen molar-refractivity contribution in [3.8, 4) is 17.2 Å². The highest BCUT2D eigenvalue weighted by molar-refractivity contribution is 7.99. The number of H-pyrrole nitrogens is 1. The summed E-state index contributed by atoms with van der Waals surface area (Å²) in [6, 6.07) is 12.3. The first-order chi connectivity index (χ1) is 13.2. The number of nitrogens with one attached hydrogen (secondary N) is 1. The van der Waals surface area contributed by atoms with E-state index in [2.05, 4.69) is 51.8 Å². The lowest BCUT2D eigenvalue weighted by Crippen LogP contribution is -2.14. The number of nitrogens with zero attached hydrogens (tertiary/aromatic N) is 6. The predicted molar refractivity (Wildman–Crippen MR) is 106 cm³/mol. The highest BCUT2D eigenvalue weighted by Crippen LogP contribution is 2.30. The van der Waals surface area contributed by atoms with Gasteiger partial charge in [-0.2, -0.15) is 15.2 Å². The number of aryl methyl sites for hydroxylation is 1. The molecule has 7 nitrogen and oxygen atoms in total. The SMILES string of the molecule is Cc1cc(C2=Nn3cc(-c4ccccc4)nc3SC2)c(C)n1-c1ncn[nH]1. The van der Waals surface area contributed by atoms with Crippen LogP contribution in [0.1, 0.15) is 17.0 Å². The third-order valence-corrected chi connectivity index (χ3v) is 5.60. The van der Waals surface area contributed by atoms with E-state index < -0.39 is 0 Å². The molecule has 0 saturated carbocycles. The van der Waals surface area contributed by atoms with E-state index >= 15 is 0 Å². The van der Waals surface area contributed by atoms with Gasteiger partial charge < -0.3 is 0 Å². The number of imidazole rings is 1. The molecule has 0 aliphatic carbocycles. The van der Waals surface area contributed by atoms with Gasteiger partial charge in [0.25, 0.3) is 0 Å². The van der Waals surface area contributed by atoms with Crippen molar-refractivity contribution >= 4 is 17.5 Å². The van der Waals surface area contributed by atoms with Crippen molar-refractivity contribution in [1.29, 1.82) is 0 Å². The molecule has 8 heteroatoms. The second kappa shape index (κ2) is 6.24. The van der Waals surface area contributed by atoms with Crippen LogP contribution >= 0.6 is 11.8 Å². The highest BCUT2D eigenvalue weighted by Gasteiger charge is 2.22. The summed E-state index contributed by atoms with van der Waals surface area (Å²) in [6.45, 7) is 4.14. The molecule has 1 aliphatic rings. The Bertz CT molecular complexity index is 1140. The maximum atomic E-state index is 4.85. The first-order valence-electron chi connectivity index (χ1n) is 8.61. The van der Waals surface area contributed by atoms with Gasteiger partial charge in [0, 0.05) is 28.3 Å². The van der Waals surface area contributed by atoms with E-state index in [0.29, 0.717) is 0 Å². The summed E-state index contributed by atoms with van der Waals surface area (Å²) in [4.78, 5) is 9.00. The van der Waals surface area contributed by atoms with Crippen LogP contribution in [0.2, 0.25) is 0 Å². The summed E-state index contributed by atoms with van der Waals surface area (Å²) in [7, 11) is 0. The monoisotopic (exact) mass is 375 g/mol. The van der Waals surface area contributed by atoms with Crippen LogP contribution in [0, 0.1) is 13.8 Å². The van der Waals surface area contributed by atoms with Crippen LogP contribution in [0.4, 0.5) is 0 Å². The van der Waals surface area contributed by atoms with Gasteiger partial charge in [-0.15, -0.1) is 0 Å². The quantitative estimate of drug-likeness (QED) is 0.595. The Balaban J connectivity index is 1.55. The van der Waals surface area contributed by atoms with Gasteiger partial charge in [0.05, 0.1) is 17.6 Å². The van der Waals surface area contributed by atoms with Crippen molar-refractivity contribution in [3.05, 3.63) is 65.9 Å². The second-order valence-corrected chi connectivity index (χ2v) is 7.33. The first kappa shape index (κ1) is 16.1. The minimum atomic E-state index is 0.718. The van der Waals surface area contributed by atoms with E-state index in [-0.39, 0.29) is 0 Å². The molecule has 0 radical (unpaired) electrons. The Hall–Kier alpha value is -3.13. The number of aromatic amines is 1. The Kier molecular flexibility index (Phi) is 3.71. The van der Waals surface area contributed by atoms with Crippen molar-refractivity contribution in [2.24, 2.45) is 5.10 Å². The zero-order valence-electron chi connectivity index (χ0n) is 14.9. The van der Waals surface area contributed by atoms with Crippen molar-refractivity contribution in [1.82, 2.24) is 29.4 Å². The molecular formula is C19H17N7S. The maximum absolute atomic E-state index is 4.85. The van der Waals surface area contributed by atoms with Crippen molar-refractivity contribution in [2.45, 2.75) is 19.0 Å². The topological polar surface area (TPSA) is 76.7 Å². The van der Waals surface area contributed by atoms with Crippen molar-refractivity contribution in [2.75, 3.05) is 5.75 Å². The zero-order valence-corrected chi connectivity index (χ0v) is 15.7.